The summed E-state index contributed by atoms with van der Waals surface area (Å²) in [5, 5.41) is 5.47. The first kappa shape index (κ1) is 19.1. The van der Waals surface area contributed by atoms with Gasteiger partial charge in [0.25, 0.3) is 5.91 Å². The minimum absolute atomic E-state index is 0.384. The van der Waals surface area contributed by atoms with E-state index in [9.17, 15) is 18.8 Å². The highest BCUT2D eigenvalue weighted by Crippen LogP contribution is 2.30. The smallest absolute Gasteiger partial charge is 0.324 e. The topological polar surface area (TPSA) is 78.5 Å². The molecule has 7 heteroatoms. The number of aryl methyl sites for hydroxylation is 1. The maximum atomic E-state index is 13.2. The van der Waals surface area contributed by atoms with E-state index in [1.165, 1.54) is 29.8 Å². The van der Waals surface area contributed by atoms with Gasteiger partial charge in [0.05, 0.1) is 0 Å². The summed E-state index contributed by atoms with van der Waals surface area (Å²) in [4.78, 5) is 38.8. The number of urea groups is 1. The fraction of sp³-hybridized carbons (Fsp3) is 0.318. The molecule has 1 atom stereocenters. The van der Waals surface area contributed by atoms with Gasteiger partial charge in [-0.3, -0.25) is 14.5 Å². The average Bonchev–Trinajstić information content (AvgIpc) is 2.92. The first-order chi connectivity index (χ1) is 13.9. The van der Waals surface area contributed by atoms with Crippen LogP contribution in [0.3, 0.4) is 0 Å². The van der Waals surface area contributed by atoms with Gasteiger partial charge in [0.1, 0.15) is 17.9 Å². The van der Waals surface area contributed by atoms with Crippen LogP contribution in [0.15, 0.2) is 42.5 Å². The average molecular weight is 395 g/mol. The molecule has 2 aliphatic rings. The molecule has 0 bridgehead atoms. The monoisotopic (exact) mass is 395 g/mol. The Balaban J connectivity index is 1.50. The molecule has 1 unspecified atom stereocenters. The first-order valence-corrected chi connectivity index (χ1v) is 9.69. The Morgan fingerprint density at radius 2 is 1.86 bits per heavy atom. The largest absolute Gasteiger partial charge is 0.325 e. The number of rotatable bonds is 4. The summed E-state index contributed by atoms with van der Waals surface area (Å²) in [6, 6.07) is 10.5. The molecule has 1 fully saturated rings. The van der Waals surface area contributed by atoms with Crippen LogP contribution in [0.25, 0.3) is 0 Å². The molecule has 2 aromatic carbocycles. The van der Waals surface area contributed by atoms with E-state index in [0.717, 1.165) is 41.8 Å². The lowest BCUT2D eigenvalue weighted by molar-refractivity contribution is -0.133. The van der Waals surface area contributed by atoms with Crippen LogP contribution in [0, 0.1) is 5.82 Å². The van der Waals surface area contributed by atoms with Crippen molar-refractivity contribution in [1.29, 1.82) is 0 Å². The van der Waals surface area contributed by atoms with Crippen molar-refractivity contribution in [3.8, 4) is 0 Å². The number of carbonyl (C=O) groups excluding carboxylic acids is 3. The highest BCUT2D eigenvalue weighted by molar-refractivity contribution is 6.10. The number of nitrogens with one attached hydrogen (secondary N) is 2. The summed E-state index contributed by atoms with van der Waals surface area (Å²) < 4.78 is 13.2. The second-order valence-electron chi connectivity index (χ2n) is 7.65. The third-order valence-electron chi connectivity index (χ3n) is 5.67. The standard InChI is InChI=1S/C22H22FN3O3/c1-22(15-9-11-16(23)12-10-15)20(28)26(21(29)25-22)13-19(27)24-18-8-4-6-14-5-2-3-7-17(14)18/h4,6,8-12H,2-3,5,7,13H2,1H3,(H,24,27)(H,25,29). The van der Waals surface area contributed by atoms with Crippen LogP contribution in [-0.4, -0.2) is 29.3 Å². The normalized spacial score (nSPS) is 21.0. The molecule has 1 aliphatic carbocycles. The van der Waals surface area contributed by atoms with E-state index < -0.39 is 29.2 Å². The van der Waals surface area contributed by atoms with Crippen LogP contribution in [0.1, 0.15) is 36.5 Å². The van der Waals surface area contributed by atoms with E-state index in [-0.39, 0.29) is 6.54 Å². The number of amides is 4. The van der Waals surface area contributed by atoms with Crippen molar-refractivity contribution in [2.75, 3.05) is 11.9 Å². The van der Waals surface area contributed by atoms with E-state index in [1.807, 2.05) is 12.1 Å². The van der Waals surface area contributed by atoms with Crippen molar-refractivity contribution in [2.24, 2.45) is 0 Å². The molecule has 2 N–H and O–H groups in total. The van der Waals surface area contributed by atoms with Crippen LogP contribution in [0.4, 0.5) is 14.9 Å². The predicted molar refractivity (Wildman–Crippen MR) is 106 cm³/mol. The molecule has 6 nitrogen and oxygen atoms in total. The summed E-state index contributed by atoms with van der Waals surface area (Å²) in [6.07, 6.45) is 4.09. The Kier molecular flexibility index (Phi) is 4.82. The molecule has 0 spiro atoms. The zero-order chi connectivity index (χ0) is 20.6. The summed E-state index contributed by atoms with van der Waals surface area (Å²) in [5.74, 6) is -1.41. The van der Waals surface area contributed by atoms with Crippen LogP contribution in [0.5, 0.6) is 0 Å². The molecular weight excluding hydrogens is 373 g/mol. The van der Waals surface area contributed by atoms with Crippen LogP contribution in [-0.2, 0) is 28.0 Å². The van der Waals surface area contributed by atoms with Gasteiger partial charge in [-0.15, -0.1) is 0 Å². The number of hydrogen-bond donors (Lipinski definition) is 2. The molecule has 29 heavy (non-hydrogen) atoms. The zero-order valence-corrected chi connectivity index (χ0v) is 16.1. The summed E-state index contributed by atoms with van der Waals surface area (Å²) in [5.41, 5.74) is 2.21. The fourth-order valence-corrected chi connectivity index (χ4v) is 4.05. The Labute approximate surface area is 168 Å². The van der Waals surface area contributed by atoms with Gasteiger partial charge in [0.2, 0.25) is 5.91 Å². The number of carbonyl (C=O) groups is 3. The van der Waals surface area contributed by atoms with Gasteiger partial charge < -0.3 is 10.6 Å². The van der Waals surface area contributed by atoms with Crippen molar-refractivity contribution in [3.05, 3.63) is 65.0 Å². The molecule has 150 valence electrons. The van der Waals surface area contributed by atoms with Gasteiger partial charge in [0, 0.05) is 5.69 Å². The highest BCUT2D eigenvalue weighted by Gasteiger charge is 2.49. The first-order valence-electron chi connectivity index (χ1n) is 9.69. The maximum Gasteiger partial charge on any atom is 0.325 e. The number of nitrogens with zero attached hydrogens (tertiary/aromatic N) is 1. The van der Waals surface area contributed by atoms with Gasteiger partial charge in [-0.1, -0.05) is 24.3 Å². The Morgan fingerprint density at radius 3 is 2.62 bits per heavy atom. The van der Waals surface area contributed by atoms with Crippen LogP contribution < -0.4 is 10.6 Å². The number of benzene rings is 2. The maximum absolute atomic E-state index is 13.2. The molecule has 1 aliphatic heterocycles. The van der Waals surface area contributed by atoms with Crippen LogP contribution >= 0.6 is 0 Å². The lowest BCUT2D eigenvalue weighted by Crippen LogP contribution is -2.42. The van der Waals surface area contributed by atoms with E-state index in [4.69, 9.17) is 0 Å². The number of fused-ring (bicyclic) bond motifs is 1. The molecule has 2 aromatic rings. The number of anilines is 1. The number of imide groups is 1. The third-order valence-corrected chi connectivity index (χ3v) is 5.67. The molecule has 0 aromatic heterocycles. The second kappa shape index (κ2) is 7.31. The van der Waals surface area contributed by atoms with Crippen molar-refractivity contribution in [1.82, 2.24) is 10.2 Å². The SMILES string of the molecule is CC1(c2ccc(F)cc2)NC(=O)N(CC(=O)Nc2cccc3c2CCCC3)C1=O. The quantitative estimate of drug-likeness (QED) is 0.781. The fourth-order valence-electron chi connectivity index (χ4n) is 4.05. The van der Waals surface area contributed by atoms with Gasteiger partial charge in [-0.2, -0.15) is 0 Å². The lowest BCUT2D eigenvalue weighted by Gasteiger charge is -2.22. The van der Waals surface area contributed by atoms with Gasteiger partial charge in [0.15, 0.2) is 0 Å². The molecule has 4 amide bonds. The van der Waals surface area contributed by atoms with Gasteiger partial charge >= 0.3 is 6.03 Å². The second-order valence-corrected chi connectivity index (χ2v) is 7.65. The van der Waals surface area contributed by atoms with Crippen LogP contribution in [0.2, 0.25) is 0 Å². The minimum Gasteiger partial charge on any atom is -0.324 e. The van der Waals surface area contributed by atoms with Crippen molar-refractivity contribution < 1.29 is 18.8 Å². The molecule has 0 saturated carbocycles. The van der Waals surface area contributed by atoms with E-state index >= 15 is 0 Å². The predicted octanol–water partition coefficient (Wildman–Crippen LogP) is 3.11. The Hall–Kier alpha value is -3.22. The van der Waals surface area contributed by atoms with Gasteiger partial charge in [-0.25, -0.2) is 9.18 Å². The molecule has 1 heterocycles. The Morgan fingerprint density at radius 1 is 1.14 bits per heavy atom. The zero-order valence-electron chi connectivity index (χ0n) is 16.1. The third kappa shape index (κ3) is 3.48. The molecular formula is C22H22FN3O3. The summed E-state index contributed by atoms with van der Waals surface area (Å²) >= 11 is 0. The molecule has 4 rings (SSSR count). The molecule has 0 radical (unpaired) electrons. The van der Waals surface area contributed by atoms with Crippen molar-refractivity contribution in [2.45, 2.75) is 38.1 Å². The van der Waals surface area contributed by atoms with E-state index in [1.54, 1.807) is 6.92 Å². The minimum atomic E-state index is -1.34. The highest BCUT2D eigenvalue weighted by atomic mass is 19.1. The van der Waals surface area contributed by atoms with Crippen molar-refractivity contribution in [3.63, 3.8) is 0 Å². The van der Waals surface area contributed by atoms with E-state index in [0.29, 0.717) is 5.56 Å². The lowest BCUT2D eigenvalue weighted by atomic mass is 9.90. The summed E-state index contributed by atoms with van der Waals surface area (Å²) in [7, 11) is 0. The number of halogens is 1. The van der Waals surface area contributed by atoms with Gasteiger partial charge in [-0.05, 0) is 67.5 Å². The Bertz CT molecular complexity index is 989. The van der Waals surface area contributed by atoms with E-state index in [2.05, 4.69) is 16.7 Å². The van der Waals surface area contributed by atoms with Crippen molar-refractivity contribution >= 4 is 23.5 Å². The molecule has 1 saturated heterocycles. The number of hydrogen-bond acceptors (Lipinski definition) is 3. The summed E-state index contributed by atoms with van der Waals surface area (Å²) in [6.45, 7) is 1.16.